The normalized spacial score (nSPS) is 14.0. The van der Waals surface area contributed by atoms with Gasteiger partial charge in [-0.15, -0.1) is 0 Å². The zero-order valence-electron chi connectivity index (χ0n) is 12.9. The van der Waals surface area contributed by atoms with Gasteiger partial charge >= 0.3 is 0 Å². The Morgan fingerprint density at radius 2 is 1.62 bits per heavy atom. The summed E-state index contributed by atoms with van der Waals surface area (Å²) in [6, 6.07) is 13.1. The van der Waals surface area contributed by atoms with E-state index in [4.69, 9.17) is 11.6 Å². The van der Waals surface area contributed by atoms with E-state index in [1.165, 1.54) is 16.7 Å². The van der Waals surface area contributed by atoms with Gasteiger partial charge < -0.3 is 5.32 Å². The molecule has 0 radical (unpaired) electrons. The van der Waals surface area contributed by atoms with Crippen LogP contribution >= 0.6 is 27.5 Å². The molecule has 2 aromatic rings. The monoisotopic (exact) mass is 365 g/mol. The van der Waals surface area contributed by atoms with Crippen molar-refractivity contribution in [1.82, 2.24) is 5.32 Å². The average molecular weight is 367 g/mol. The maximum atomic E-state index is 6.34. The van der Waals surface area contributed by atoms with Crippen molar-refractivity contribution < 1.29 is 0 Å². The third-order valence-corrected chi connectivity index (χ3v) is 4.65. The molecule has 21 heavy (non-hydrogen) atoms. The van der Waals surface area contributed by atoms with Gasteiger partial charge in [0.25, 0.3) is 0 Å². The molecule has 0 spiro atoms. The fourth-order valence-corrected chi connectivity index (χ4v) is 3.47. The lowest BCUT2D eigenvalue weighted by atomic mass is 9.98. The van der Waals surface area contributed by atoms with Crippen molar-refractivity contribution in [2.75, 3.05) is 0 Å². The molecule has 0 heterocycles. The maximum Gasteiger partial charge on any atom is 0.0464 e. The van der Waals surface area contributed by atoms with Crippen LogP contribution in [-0.2, 0) is 0 Å². The second-order valence-electron chi connectivity index (χ2n) is 5.64. The molecule has 3 heteroatoms. The number of nitrogens with one attached hydrogen (secondary N) is 1. The molecule has 112 valence electrons. The van der Waals surface area contributed by atoms with Gasteiger partial charge in [-0.1, -0.05) is 57.4 Å². The fourth-order valence-electron chi connectivity index (χ4n) is 2.63. The van der Waals surface area contributed by atoms with Gasteiger partial charge in [0.05, 0.1) is 0 Å². The molecule has 2 aromatic carbocycles. The van der Waals surface area contributed by atoms with Crippen LogP contribution in [0.25, 0.3) is 0 Å². The van der Waals surface area contributed by atoms with Crippen LogP contribution in [0.5, 0.6) is 0 Å². The lowest BCUT2D eigenvalue weighted by Crippen LogP contribution is -2.23. The molecule has 2 unspecified atom stereocenters. The molecule has 1 nitrogen and oxygen atoms in total. The summed E-state index contributed by atoms with van der Waals surface area (Å²) >= 11 is 9.79. The SMILES string of the molecule is Cc1ccc(C)c(C(C)NC(C)c2ccc(Br)cc2Cl)c1. The summed E-state index contributed by atoms with van der Waals surface area (Å²) in [5.74, 6) is 0. The lowest BCUT2D eigenvalue weighted by Gasteiger charge is -2.23. The van der Waals surface area contributed by atoms with E-state index in [-0.39, 0.29) is 12.1 Å². The summed E-state index contributed by atoms with van der Waals surface area (Å²) in [5.41, 5.74) is 5.07. The Morgan fingerprint density at radius 1 is 0.952 bits per heavy atom. The van der Waals surface area contributed by atoms with E-state index < -0.39 is 0 Å². The molecule has 0 aliphatic heterocycles. The van der Waals surface area contributed by atoms with Gasteiger partial charge in [-0.3, -0.25) is 0 Å². The first kappa shape index (κ1) is 16.5. The number of rotatable bonds is 4. The standard InChI is InChI=1S/C18H21BrClN/c1-11-5-6-12(2)17(9-11)14(4)21-13(3)16-8-7-15(19)10-18(16)20/h5-10,13-14,21H,1-4H3. The number of hydrogen-bond acceptors (Lipinski definition) is 1. The van der Waals surface area contributed by atoms with E-state index in [0.717, 1.165) is 15.1 Å². The predicted octanol–water partition coefficient (Wildman–Crippen LogP) is 6.13. The molecule has 0 bridgehead atoms. The number of halogens is 2. The molecule has 2 atom stereocenters. The van der Waals surface area contributed by atoms with Gasteiger partial charge in [-0.25, -0.2) is 0 Å². The molecule has 0 aliphatic rings. The second-order valence-corrected chi connectivity index (χ2v) is 6.96. The first-order valence-corrected chi connectivity index (χ1v) is 8.33. The average Bonchev–Trinajstić information content (AvgIpc) is 2.41. The van der Waals surface area contributed by atoms with Crippen LogP contribution in [0, 0.1) is 13.8 Å². The van der Waals surface area contributed by atoms with Gasteiger partial charge in [0.1, 0.15) is 0 Å². The van der Waals surface area contributed by atoms with Crippen LogP contribution in [0.1, 0.15) is 48.2 Å². The molecule has 0 aliphatic carbocycles. The van der Waals surface area contributed by atoms with Gasteiger partial charge in [-0.2, -0.15) is 0 Å². The smallest absolute Gasteiger partial charge is 0.0464 e. The Labute approximate surface area is 140 Å². The van der Waals surface area contributed by atoms with E-state index in [1.54, 1.807) is 0 Å². The predicted molar refractivity (Wildman–Crippen MR) is 95.0 cm³/mol. The van der Waals surface area contributed by atoms with Gasteiger partial charge in [0.2, 0.25) is 0 Å². The molecular weight excluding hydrogens is 346 g/mol. The third kappa shape index (κ3) is 4.09. The van der Waals surface area contributed by atoms with Crippen LogP contribution in [-0.4, -0.2) is 0 Å². The first-order chi connectivity index (χ1) is 9.88. The molecule has 0 saturated carbocycles. The van der Waals surface area contributed by atoms with Crippen molar-refractivity contribution in [2.45, 2.75) is 39.8 Å². The van der Waals surface area contributed by atoms with E-state index in [1.807, 2.05) is 12.1 Å². The quantitative estimate of drug-likeness (QED) is 0.686. The zero-order valence-corrected chi connectivity index (χ0v) is 15.2. The summed E-state index contributed by atoms with van der Waals surface area (Å²) in [5, 5.41) is 4.43. The molecule has 0 fully saturated rings. The van der Waals surface area contributed by atoms with Crippen LogP contribution in [0.4, 0.5) is 0 Å². The van der Waals surface area contributed by atoms with Crippen LogP contribution in [0.3, 0.4) is 0 Å². The summed E-state index contributed by atoms with van der Waals surface area (Å²) in [7, 11) is 0. The van der Waals surface area contributed by atoms with Crippen LogP contribution in [0.15, 0.2) is 40.9 Å². The van der Waals surface area contributed by atoms with Gasteiger partial charge in [-0.05, 0) is 56.5 Å². The zero-order chi connectivity index (χ0) is 15.6. The Morgan fingerprint density at radius 3 is 2.29 bits per heavy atom. The first-order valence-electron chi connectivity index (χ1n) is 7.16. The van der Waals surface area contributed by atoms with Crippen molar-refractivity contribution in [1.29, 1.82) is 0 Å². The molecule has 2 rings (SSSR count). The van der Waals surface area contributed by atoms with Gasteiger partial charge in [0, 0.05) is 21.6 Å². The molecule has 1 N–H and O–H groups in total. The number of aryl methyl sites for hydroxylation is 2. The van der Waals surface area contributed by atoms with Crippen molar-refractivity contribution in [2.24, 2.45) is 0 Å². The van der Waals surface area contributed by atoms with Crippen molar-refractivity contribution >= 4 is 27.5 Å². The number of hydrogen-bond donors (Lipinski definition) is 1. The van der Waals surface area contributed by atoms with Crippen LogP contribution < -0.4 is 5.32 Å². The highest BCUT2D eigenvalue weighted by Gasteiger charge is 2.15. The Kier molecular flexibility index (Phi) is 5.48. The summed E-state index contributed by atoms with van der Waals surface area (Å²) in [6.07, 6.45) is 0. The number of benzene rings is 2. The van der Waals surface area contributed by atoms with E-state index in [2.05, 4.69) is 73.2 Å². The van der Waals surface area contributed by atoms with Crippen molar-refractivity contribution in [3.05, 3.63) is 68.1 Å². The van der Waals surface area contributed by atoms with E-state index in [0.29, 0.717) is 0 Å². The van der Waals surface area contributed by atoms with Crippen molar-refractivity contribution in [3.63, 3.8) is 0 Å². The van der Waals surface area contributed by atoms with E-state index >= 15 is 0 Å². The molecule has 0 amide bonds. The largest absolute Gasteiger partial charge is 0.304 e. The Bertz CT molecular complexity index is 639. The Hall–Kier alpha value is -0.830. The highest BCUT2D eigenvalue weighted by molar-refractivity contribution is 9.10. The second kappa shape index (κ2) is 6.95. The van der Waals surface area contributed by atoms with Gasteiger partial charge in [0.15, 0.2) is 0 Å². The topological polar surface area (TPSA) is 12.0 Å². The minimum atomic E-state index is 0.195. The van der Waals surface area contributed by atoms with Crippen LogP contribution in [0.2, 0.25) is 5.02 Å². The molecule has 0 aromatic heterocycles. The minimum absolute atomic E-state index is 0.195. The summed E-state index contributed by atoms with van der Waals surface area (Å²) in [6.45, 7) is 8.64. The minimum Gasteiger partial charge on any atom is -0.304 e. The molecular formula is C18H21BrClN. The lowest BCUT2D eigenvalue weighted by molar-refractivity contribution is 0.493. The van der Waals surface area contributed by atoms with E-state index in [9.17, 15) is 0 Å². The third-order valence-electron chi connectivity index (χ3n) is 3.83. The molecule has 0 saturated heterocycles. The maximum absolute atomic E-state index is 6.34. The van der Waals surface area contributed by atoms with Crippen molar-refractivity contribution in [3.8, 4) is 0 Å². The highest BCUT2D eigenvalue weighted by Crippen LogP contribution is 2.29. The summed E-state index contributed by atoms with van der Waals surface area (Å²) in [4.78, 5) is 0. The summed E-state index contributed by atoms with van der Waals surface area (Å²) < 4.78 is 1.01. The Balaban J connectivity index is 2.18. The highest BCUT2D eigenvalue weighted by atomic mass is 79.9. The fraction of sp³-hybridized carbons (Fsp3) is 0.333.